The van der Waals surface area contributed by atoms with Gasteiger partial charge in [-0.1, -0.05) is 23.7 Å². The van der Waals surface area contributed by atoms with Crippen molar-refractivity contribution in [3.63, 3.8) is 0 Å². The maximum atomic E-state index is 13.7. The largest absolute Gasteiger partial charge is 0.436 e. The van der Waals surface area contributed by atoms with Gasteiger partial charge in [0.1, 0.15) is 11.0 Å². The number of hydrogen-bond donors (Lipinski definition) is 0. The Labute approximate surface area is 103 Å². The van der Waals surface area contributed by atoms with Gasteiger partial charge in [-0.2, -0.15) is 4.98 Å². The topological polar surface area (TPSA) is 35.0 Å². The van der Waals surface area contributed by atoms with Gasteiger partial charge < -0.3 is 4.74 Å². The minimum Gasteiger partial charge on any atom is -0.436 e. The fourth-order valence-corrected chi connectivity index (χ4v) is 1.59. The molecular formula is C12H10ClFN2O. The number of rotatable bonds is 2. The number of aromatic nitrogens is 2. The third-order valence-corrected chi connectivity index (χ3v) is 2.35. The normalized spacial score (nSPS) is 10.4. The molecular weight excluding hydrogens is 243 g/mol. The average molecular weight is 253 g/mol. The van der Waals surface area contributed by atoms with Gasteiger partial charge in [-0.25, -0.2) is 9.37 Å². The van der Waals surface area contributed by atoms with Crippen LogP contribution in [0.4, 0.5) is 4.39 Å². The summed E-state index contributed by atoms with van der Waals surface area (Å²) in [6.07, 6.45) is 0. The maximum Gasteiger partial charge on any atom is 0.224 e. The summed E-state index contributed by atoms with van der Waals surface area (Å²) in [6, 6.07) is 6.35. The van der Waals surface area contributed by atoms with Gasteiger partial charge in [0.2, 0.25) is 5.88 Å². The molecule has 2 rings (SSSR count). The number of benzene rings is 1. The molecule has 0 bridgehead atoms. The van der Waals surface area contributed by atoms with Crippen LogP contribution in [0.2, 0.25) is 5.15 Å². The van der Waals surface area contributed by atoms with Crippen LogP contribution in [0.15, 0.2) is 24.3 Å². The minimum absolute atomic E-state index is 0.124. The van der Waals surface area contributed by atoms with Crippen molar-refractivity contribution in [2.75, 3.05) is 0 Å². The van der Waals surface area contributed by atoms with Crippen molar-refractivity contribution in [1.82, 2.24) is 9.97 Å². The Morgan fingerprint density at radius 3 is 2.71 bits per heavy atom. The first-order chi connectivity index (χ1) is 8.06. The summed E-state index contributed by atoms with van der Waals surface area (Å²) < 4.78 is 19.0. The Balaban J connectivity index is 2.34. The van der Waals surface area contributed by atoms with E-state index in [0.717, 1.165) is 0 Å². The van der Waals surface area contributed by atoms with Gasteiger partial charge in [0.15, 0.2) is 11.6 Å². The van der Waals surface area contributed by atoms with E-state index < -0.39 is 5.82 Å². The molecule has 0 N–H and O–H groups in total. The smallest absolute Gasteiger partial charge is 0.224 e. The number of aryl methyl sites for hydroxylation is 2. The molecule has 1 aromatic carbocycles. The van der Waals surface area contributed by atoms with Gasteiger partial charge in [-0.15, -0.1) is 0 Å². The van der Waals surface area contributed by atoms with Crippen molar-refractivity contribution in [2.24, 2.45) is 0 Å². The van der Waals surface area contributed by atoms with Crippen LogP contribution in [-0.2, 0) is 0 Å². The molecule has 3 nitrogen and oxygen atoms in total. The third-order valence-electron chi connectivity index (χ3n) is 2.15. The number of nitrogens with zero attached hydrogens (tertiary/aromatic N) is 2. The number of halogens is 2. The summed E-state index contributed by atoms with van der Waals surface area (Å²) in [6.45, 7) is 3.35. The summed E-state index contributed by atoms with van der Waals surface area (Å²) in [5.41, 5.74) is 0.513. The molecule has 1 heterocycles. The van der Waals surface area contributed by atoms with Crippen LogP contribution in [-0.4, -0.2) is 9.97 Å². The zero-order chi connectivity index (χ0) is 12.4. The highest BCUT2D eigenvalue weighted by Crippen LogP contribution is 2.25. The van der Waals surface area contributed by atoms with Gasteiger partial charge >= 0.3 is 0 Å². The molecule has 5 heteroatoms. The zero-order valence-electron chi connectivity index (χ0n) is 9.37. The average Bonchev–Trinajstić information content (AvgIpc) is 2.23. The Hall–Kier alpha value is -1.68. The lowest BCUT2D eigenvalue weighted by atomic mass is 10.2. The van der Waals surface area contributed by atoms with Crippen LogP contribution < -0.4 is 4.74 Å². The molecule has 0 fully saturated rings. The van der Waals surface area contributed by atoms with E-state index in [1.54, 1.807) is 26.0 Å². The fourth-order valence-electron chi connectivity index (χ4n) is 1.37. The quantitative estimate of drug-likeness (QED) is 0.765. The lowest BCUT2D eigenvalue weighted by molar-refractivity contribution is 0.423. The first kappa shape index (κ1) is 11.8. The molecule has 0 saturated heterocycles. The van der Waals surface area contributed by atoms with Crippen LogP contribution in [0.1, 0.15) is 11.4 Å². The van der Waals surface area contributed by atoms with E-state index in [4.69, 9.17) is 16.3 Å². The van der Waals surface area contributed by atoms with Gasteiger partial charge in [-0.05, 0) is 25.5 Å². The van der Waals surface area contributed by atoms with Crippen LogP contribution in [0.3, 0.4) is 0 Å². The highest BCUT2D eigenvalue weighted by molar-refractivity contribution is 6.29. The monoisotopic (exact) mass is 252 g/mol. The number of hydrogen-bond acceptors (Lipinski definition) is 3. The number of ether oxygens (including phenoxy) is 1. The zero-order valence-corrected chi connectivity index (χ0v) is 10.1. The van der Waals surface area contributed by atoms with E-state index in [-0.39, 0.29) is 16.8 Å². The lowest BCUT2D eigenvalue weighted by Gasteiger charge is -2.07. The van der Waals surface area contributed by atoms with Crippen LogP contribution in [0, 0.1) is 19.7 Å². The molecule has 0 unspecified atom stereocenters. The van der Waals surface area contributed by atoms with Gasteiger partial charge in [0, 0.05) is 6.07 Å². The highest BCUT2D eigenvalue weighted by atomic mass is 35.5. The summed E-state index contributed by atoms with van der Waals surface area (Å²) in [4.78, 5) is 7.91. The van der Waals surface area contributed by atoms with Crippen LogP contribution >= 0.6 is 11.6 Å². The van der Waals surface area contributed by atoms with E-state index in [1.165, 1.54) is 12.1 Å². The van der Waals surface area contributed by atoms with Crippen molar-refractivity contribution < 1.29 is 9.13 Å². The Bertz CT molecular complexity index is 540. The second-order valence-corrected chi connectivity index (χ2v) is 3.95. The van der Waals surface area contributed by atoms with E-state index in [1.807, 2.05) is 0 Å². The first-order valence-corrected chi connectivity index (χ1v) is 5.38. The maximum absolute atomic E-state index is 13.7. The van der Waals surface area contributed by atoms with E-state index in [0.29, 0.717) is 11.4 Å². The van der Waals surface area contributed by atoms with E-state index >= 15 is 0 Å². The lowest BCUT2D eigenvalue weighted by Crippen LogP contribution is -1.95. The molecule has 1 aromatic heterocycles. The summed E-state index contributed by atoms with van der Waals surface area (Å²) in [5.74, 6) is 0.423. The Morgan fingerprint density at radius 1 is 1.24 bits per heavy atom. The van der Waals surface area contributed by atoms with Crippen molar-refractivity contribution in [3.05, 3.63) is 46.6 Å². The van der Waals surface area contributed by atoms with Gasteiger partial charge in [0.05, 0.1) is 0 Å². The first-order valence-electron chi connectivity index (χ1n) is 5.00. The Kier molecular flexibility index (Phi) is 3.24. The SMILES string of the molecule is Cc1nc(Cl)cc(Oc2cccc(C)c2F)n1. The molecule has 0 aliphatic carbocycles. The van der Waals surface area contributed by atoms with Gasteiger partial charge in [-0.3, -0.25) is 0 Å². The second kappa shape index (κ2) is 4.67. The van der Waals surface area contributed by atoms with Crippen molar-refractivity contribution in [2.45, 2.75) is 13.8 Å². The standard InChI is InChI=1S/C12H10ClFN2O/c1-7-4-3-5-9(12(7)14)17-11-6-10(13)15-8(2)16-11/h3-6H,1-2H3. The van der Waals surface area contributed by atoms with Crippen LogP contribution in [0.5, 0.6) is 11.6 Å². The molecule has 0 radical (unpaired) electrons. The third kappa shape index (κ3) is 2.71. The molecule has 2 aromatic rings. The molecule has 0 aliphatic heterocycles. The van der Waals surface area contributed by atoms with Crippen molar-refractivity contribution in [3.8, 4) is 11.6 Å². The highest BCUT2D eigenvalue weighted by Gasteiger charge is 2.08. The predicted octanol–water partition coefficient (Wildman–Crippen LogP) is 3.68. The summed E-state index contributed by atoms with van der Waals surface area (Å²) in [7, 11) is 0. The Morgan fingerprint density at radius 2 is 2.00 bits per heavy atom. The second-order valence-electron chi connectivity index (χ2n) is 3.57. The molecule has 0 saturated carbocycles. The van der Waals surface area contributed by atoms with Gasteiger partial charge in [0.25, 0.3) is 0 Å². The fraction of sp³-hybridized carbons (Fsp3) is 0.167. The van der Waals surface area contributed by atoms with E-state index in [2.05, 4.69) is 9.97 Å². The molecule has 0 amide bonds. The van der Waals surface area contributed by atoms with E-state index in [9.17, 15) is 4.39 Å². The molecule has 17 heavy (non-hydrogen) atoms. The summed E-state index contributed by atoms with van der Waals surface area (Å²) >= 11 is 5.76. The molecule has 88 valence electrons. The predicted molar refractivity (Wildman–Crippen MR) is 63.0 cm³/mol. The molecule has 0 aliphatic rings. The van der Waals surface area contributed by atoms with Crippen molar-refractivity contribution >= 4 is 11.6 Å². The minimum atomic E-state index is -0.403. The van der Waals surface area contributed by atoms with Crippen molar-refractivity contribution in [1.29, 1.82) is 0 Å². The summed E-state index contributed by atoms with van der Waals surface area (Å²) in [5, 5.41) is 0.264. The molecule has 0 spiro atoms. The van der Waals surface area contributed by atoms with Crippen LogP contribution in [0.25, 0.3) is 0 Å². The molecule has 0 atom stereocenters.